The molecule has 46 heavy (non-hydrogen) atoms. The number of aryl methyl sites for hydroxylation is 1. The van der Waals surface area contributed by atoms with Gasteiger partial charge in [0.25, 0.3) is 5.91 Å². The van der Waals surface area contributed by atoms with E-state index >= 15 is 0 Å². The van der Waals surface area contributed by atoms with Crippen molar-refractivity contribution in [1.29, 1.82) is 0 Å². The summed E-state index contributed by atoms with van der Waals surface area (Å²) in [7, 11) is 0. The maximum atomic E-state index is 14.0. The quantitative estimate of drug-likeness (QED) is 0.131. The predicted octanol–water partition coefficient (Wildman–Crippen LogP) is 7.79. The van der Waals surface area contributed by atoms with Crippen LogP contribution in [0.5, 0.6) is 0 Å². The molecule has 0 radical (unpaired) electrons. The lowest BCUT2D eigenvalue weighted by Gasteiger charge is -2.27. The number of aliphatic carboxylic acids is 1. The van der Waals surface area contributed by atoms with E-state index in [1.54, 1.807) is 18.0 Å². The maximum absolute atomic E-state index is 14.0. The average Bonchev–Trinajstić information content (AvgIpc) is 3.08. The highest BCUT2D eigenvalue weighted by Crippen LogP contribution is 2.33. The van der Waals surface area contributed by atoms with Crippen LogP contribution in [-0.4, -0.2) is 40.0 Å². The zero-order chi connectivity index (χ0) is 32.3. The first kappa shape index (κ1) is 32.5. The maximum Gasteiger partial charge on any atom is 0.326 e. The fourth-order valence-electron chi connectivity index (χ4n) is 5.62. The van der Waals surface area contributed by atoms with Crippen molar-refractivity contribution in [1.82, 2.24) is 10.3 Å². The van der Waals surface area contributed by atoms with E-state index in [1.165, 1.54) is 5.56 Å². The van der Waals surface area contributed by atoms with Crippen molar-refractivity contribution >= 4 is 29.3 Å². The topological polar surface area (TPSA) is 82.5 Å². The Morgan fingerprint density at radius 3 is 2.17 bits per heavy atom. The van der Waals surface area contributed by atoms with Gasteiger partial charge >= 0.3 is 5.97 Å². The number of rotatable bonds is 14. The Morgan fingerprint density at radius 1 is 0.826 bits per heavy atom. The number of nitrogens with one attached hydrogen (secondary N) is 1. The van der Waals surface area contributed by atoms with Gasteiger partial charge in [0.1, 0.15) is 6.04 Å². The van der Waals surface area contributed by atoms with Crippen LogP contribution in [-0.2, 0) is 24.3 Å². The molecule has 1 amide bonds. The summed E-state index contributed by atoms with van der Waals surface area (Å²) in [4.78, 5) is 32.9. The van der Waals surface area contributed by atoms with E-state index in [0.29, 0.717) is 37.2 Å². The molecule has 0 aliphatic rings. The van der Waals surface area contributed by atoms with E-state index in [1.807, 2.05) is 92.2 Å². The Bertz CT molecular complexity index is 1750. The van der Waals surface area contributed by atoms with Crippen LogP contribution < -0.4 is 10.2 Å². The molecule has 4 aromatic carbocycles. The summed E-state index contributed by atoms with van der Waals surface area (Å²) in [6, 6.07) is 35.7. The van der Waals surface area contributed by atoms with E-state index < -0.39 is 12.0 Å². The molecule has 0 fully saturated rings. The highest BCUT2D eigenvalue weighted by Gasteiger charge is 2.25. The number of aromatic nitrogens is 1. The zero-order valence-corrected chi connectivity index (χ0v) is 27.0. The van der Waals surface area contributed by atoms with Gasteiger partial charge in [-0.15, -0.1) is 0 Å². The number of carboxylic acid groups (broad SMARTS) is 1. The molecule has 0 aliphatic heterocycles. The Kier molecular flexibility index (Phi) is 11.2. The number of pyridine rings is 1. The molecule has 1 heterocycles. The summed E-state index contributed by atoms with van der Waals surface area (Å²) >= 11 is 1.56. The van der Waals surface area contributed by atoms with Gasteiger partial charge in [-0.3, -0.25) is 9.78 Å². The van der Waals surface area contributed by atoms with Crippen LogP contribution in [0.4, 0.5) is 5.69 Å². The number of nitrogens with zero attached hydrogens (tertiary/aromatic N) is 2. The molecular formula is C39H39N3O3S. The third-order valence-electron chi connectivity index (χ3n) is 8.06. The van der Waals surface area contributed by atoms with Crippen molar-refractivity contribution in [2.45, 2.75) is 38.9 Å². The van der Waals surface area contributed by atoms with Crippen LogP contribution in [0.15, 0.2) is 122 Å². The summed E-state index contributed by atoms with van der Waals surface area (Å²) in [5.74, 6) is -0.791. The third-order valence-corrected chi connectivity index (χ3v) is 8.70. The summed E-state index contributed by atoms with van der Waals surface area (Å²) < 4.78 is 0. The molecule has 5 rings (SSSR count). The van der Waals surface area contributed by atoms with E-state index in [-0.39, 0.29) is 5.91 Å². The fraction of sp³-hybridized carbons (Fsp3) is 0.205. The van der Waals surface area contributed by atoms with Crippen LogP contribution >= 0.6 is 11.8 Å². The van der Waals surface area contributed by atoms with Gasteiger partial charge in [0.2, 0.25) is 0 Å². The lowest BCUT2D eigenvalue weighted by Crippen LogP contribution is -2.41. The molecule has 1 aromatic heterocycles. The van der Waals surface area contributed by atoms with Crippen molar-refractivity contribution in [2.24, 2.45) is 0 Å². The zero-order valence-electron chi connectivity index (χ0n) is 26.2. The van der Waals surface area contributed by atoms with E-state index in [4.69, 9.17) is 0 Å². The number of carbonyl (C=O) groups is 2. The van der Waals surface area contributed by atoms with Gasteiger partial charge in [0.05, 0.1) is 11.9 Å². The van der Waals surface area contributed by atoms with Crippen LogP contribution in [0.1, 0.15) is 44.6 Å². The molecule has 6 nitrogen and oxygen atoms in total. The van der Waals surface area contributed by atoms with Crippen LogP contribution in [0.3, 0.4) is 0 Å². The van der Waals surface area contributed by atoms with Gasteiger partial charge < -0.3 is 15.3 Å². The molecule has 0 bridgehead atoms. The summed E-state index contributed by atoms with van der Waals surface area (Å²) in [6.45, 7) is 3.29. The lowest BCUT2D eigenvalue weighted by atomic mass is 9.88. The molecular weight excluding hydrogens is 591 g/mol. The largest absolute Gasteiger partial charge is 0.480 e. The second-order valence-corrected chi connectivity index (χ2v) is 12.3. The van der Waals surface area contributed by atoms with Crippen molar-refractivity contribution in [2.75, 3.05) is 16.9 Å². The van der Waals surface area contributed by atoms with E-state index in [9.17, 15) is 14.7 Å². The second-order valence-electron chi connectivity index (χ2n) is 11.3. The predicted molar refractivity (Wildman–Crippen MR) is 188 cm³/mol. The first-order valence-electron chi connectivity index (χ1n) is 15.4. The van der Waals surface area contributed by atoms with Crippen molar-refractivity contribution < 1.29 is 14.7 Å². The van der Waals surface area contributed by atoms with Gasteiger partial charge in [0, 0.05) is 24.8 Å². The highest BCUT2D eigenvalue weighted by atomic mass is 32.2. The average molecular weight is 630 g/mol. The Labute approximate surface area is 275 Å². The van der Waals surface area contributed by atoms with Gasteiger partial charge in [-0.2, -0.15) is 11.8 Å². The third kappa shape index (κ3) is 8.43. The normalized spacial score (nSPS) is 11.5. The van der Waals surface area contributed by atoms with Crippen LogP contribution in [0.2, 0.25) is 0 Å². The van der Waals surface area contributed by atoms with Crippen molar-refractivity contribution in [3.8, 4) is 11.1 Å². The molecule has 0 unspecified atom stereocenters. The van der Waals surface area contributed by atoms with Crippen LogP contribution in [0.25, 0.3) is 11.1 Å². The number of anilines is 1. The minimum Gasteiger partial charge on any atom is -0.480 e. The number of hydrogen-bond acceptors (Lipinski definition) is 5. The summed E-state index contributed by atoms with van der Waals surface area (Å²) in [6.07, 6.45) is 6.54. The van der Waals surface area contributed by atoms with E-state index in [0.717, 1.165) is 39.1 Å². The number of thioether (sulfide) groups is 1. The Morgan fingerprint density at radius 2 is 1.52 bits per heavy atom. The van der Waals surface area contributed by atoms with Gasteiger partial charge in [-0.05, 0) is 95.0 Å². The molecule has 2 N–H and O–H groups in total. The number of hydrogen-bond donors (Lipinski definition) is 2. The van der Waals surface area contributed by atoms with Crippen molar-refractivity contribution in [3.05, 3.63) is 155 Å². The highest BCUT2D eigenvalue weighted by molar-refractivity contribution is 7.98. The van der Waals surface area contributed by atoms with E-state index in [2.05, 4.69) is 51.6 Å². The summed E-state index contributed by atoms with van der Waals surface area (Å²) in [5, 5.41) is 12.8. The Balaban J connectivity index is 1.65. The number of carbonyl (C=O) groups excluding carboxylic acids is 1. The molecule has 0 aliphatic carbocycles. The second kappa shape index (κ2) is 15.9. The van der Waals surface area contributed by atoms with Gasteiger partial charge in [-0.1, -0.05) is 84.9 Å². The van der Waals surface area contributed by atoms with Gasteiger partial charge in [-0.25, -0.2) is 4.79 Å². The number of amides is 1. The van der Waals surface area contributed by atoms with Gasteiger partial charge in [0.15, 0.2) is 0 Å². The number of benzene rings is 4. The molecule has 0 saturated heterocycles. The molecule has 234 valence electrons. The number of carboxylic acids is 1. The minimum atomic E-state index is -1.03. The molecule has 1 atom stereocenters. The lowest BCUT2D eigenvalue weighted by molar-refractivity contribution is -0.139. The minimum absolute atomic E-state index is 0.344. The summed E-state index contributed by atoms with van der Waals surface area (Å²) in [5.41, 5.74) is 8.60. The SMILES string of the molecule is CSCC[C@H](NC(=O)c1cc(Cc2ccccc2)c(CN(Cc2ccccc2)c2cccnc2)cc1-c1ccccc1C)C(=O)O. The monoisotopic (exact) mass is 629 g/mol. The van der Waals surface area contributed by atoms with Crippen LogP contribution in [0, 0.1) is 6.92 Å². The molecule has 0 saturated carbocycles. The standard InChI is InChI=1S/C39H39N3O3S/c1-28-12-9-10-18-34(28)35-24-32(27-42(33-17-11-20-40-25-33)26-30-15-7-4-8-16-30)31(22-29-13-5-3-6-14-29)23-36(35)38(43)41-37(39(44)45)19-21-46-2/h3-18,20,23-25,37H,19,21-22,26-27H2,1-2H3,(H,41,43)(H,44,45)/t37-/m0/s1. The first-order valence-corrected chi connectivity index (χ1v) is 16.8. The molecule has 5 aromatic rings. The molecule has 0 spiro atoms. The first-order chi connectivity index (χ1) is 22.4. The fourth-order valence-corrected chi connectivity index (χ4v) is 6.09. The molecule has 7 heteroatoms. The van der Waals surface area contributed by atoms with Crippen molar-refractivity contribution in [3.63, 3.8) is 0 Å². The smallest absolute Gasteiger partial charge is 0.326 e. The Hall–Kier alpha value is -4.88.